The number of rotatable bonds is 5. The van der Waals surface area contributed by atoms with Crippen molar-refractivity contribution in [1.29, 1.82) is 0 Å². The highest BCUT2D eigenvalue weighted by Crippen LogP contribution is 2.41. The summed E-state index contributed by atoms with van der Waals surface area (Å²) in [5.74, 6) is 0. The van der Waals surface area contributed by atoms with Crippen LogP contribution in [-0.4, -0.2) is 31.1 Å². The Hall–Kier alpha value is -0.350. The molecule has 0 heterocycles. The minimum atomic E-state index is -3.20. The first-order valence-electron chi connectivity index (χ1n) is 7.17. The lowest BCUT2D eigenvalue weighted by Gasteiger charge is -2.39. The number of allylic oxidation sites excluding steroid dienone is 1. The first-order valence-corrected chi connectivity index (χ1v) is 9.02. The maximum atomic E-state index is 12.0. The van der Waals surface area contributed by atoms with Crippen LogP contribution in [-0.2, 0) is 10.0 Å². The Labute approximate surface area is 126 Å². The van der Waals surface area contributed by atoms with Crippen molar-refractivity contribution in [1.82, 2.24) is 4.31 Å². The van der Waals surface area contributed by atoms with Crippen molar-refractivity contribution >= 4 is 10.0 Å². The van der Waals surface area contributed by atoms with Crippen LogP contribution < -0.4 is 0 Å². The van der Waals surface area contributed by atoms with Gasteiger partial charge in [-0.15, -0.1) is 0 Å². The van der Waals surface area contributed by atoms with Gasteiger partial charge in [0.1, 0.15) is 0 Å². The molecule has 0 N–H and O–H groups in total. The summed E-state index contributed by atoms with van der Waals surface area (Å²) in [6, 6.07) is 0. The van der Waals surface area contributed by atoms with Gasteiger partial charge in [-0.2, -0.15) is 4.31 Å². The van der Waals surface area contributed by atoms with Crippen LogP contribution in [0.25, 0.3) is 0 Å². The van der Waals surface area contributed by atoms with Gasteiger partial charge in [0.25, 0.3) is 0 Å². The third kappa shape index (κ3) is 5.57. The highest BCUT2D eigenvalue weighted by molar-refractivity contribution is 7.88. The molecule has 0 saturated heterocycles. The third-order valence-corrected chi connectivity index (χ3v) is 5.34. The Kier molecular flexibility index (Phi) is 5.70. The second-order valence-corrected chi connectivity index (χ2v) is 10.3. The summed E-state index contributed by atoms with van der Waals surface area (Å²) in [6.07, 6.45) is 2.05. The zero-order valence-electron chi connectivity index (χ0n) is 14.8. The van der Waals surface area contributed by atoms with Crippen molar-refractivity contribution in [3.63, 3.8) is 0 Å². The van der Waals surface area contributed by atoms with E-state index in [0.29, 0.717) is 6.54 Å². The third-order valence-electron chi connectivity index (χ3n) is 3.81. The van der Waals surface area contributed by atoms with Crippen molar-refractivity contribution in [2.24, 2.45) is 10.8 Å². The monoisotopic (exact) mass is 303 g/mol. The maximum absolute atomic E-state index is 12.0. The normalized spacial score (nSPS) is 14.7. The zero-order chi connectivity index (χ0) is 16.6. The molecule has 0 amide bonds. The second-order valence-electron chi connectivity index (χ2n) is 8.37. The molecule has 0 radical (unpaired) electrons. The van der Waals surface area contributed by atoms with Gasteiger partial charge in [0.2, 0.25) is 10.0 Å². The number of sulfonamides is 1. The SMILES string of the molecule is C=C(C(C)(C)C)C(C)(C)CCN(C(C)(C)C)S(C)(=O)=O. The van der Waals surface area contributed by atoms with Gasteiger partial charge in [-0.25, -0.2) is 8.42 Å². The van der Waals surface area contributed by atoms with E-state index in [9.17, 15) is 8.42 Å². The van der Waals surface area contributed by atoms with Crippen molar-refractivity contribution in [2.75, 3.05) is 12.8 Å². The Bertz CT molecular complexity index is 448. The molecule has 0 aliphatic heterocycles. The van der Waals surface area contributed by atoms with Crippen LogP contribution in [0.15, 0.2) is 12.2 Å². The molecule has 0 saturated carbocycles. The summed E-state index contributed by atoms with van der Waals surface area (Å²) in [6.45, 7) is 21.3. The molecule has 0 aromatic carbocycles. The summed E-state index contributed by atoms with van der Waals surface area (Å²) in [5.41, 5.74) is 0.702. The summed E-state index contributed by atoms with van der Waals surface area (Å²) in [5, 5.41) is 0. The number of hydrogen-bond acceptors (Lipinski definition) is 2. The lowest BCUT2D eigenvalue weighted by Crippen LogP contribution is -2.46. The van der Waals surface area contributed by atoms with Crippen LogP contribution in [0.2, 0.25) is 0 Å². The first-order chi connectivity index (χ1) is 8.49. The largest absolute Gasteiger partial charge is 0.212 e. The minimum absolute atomic E-state index is 0.0289. The predicted molar refractivity (Wildman–Crippen MR) is 88.3 cm³/mol. The molecule has 0 aromatic heterocycles. The van der Waals surface area contributed by atoms with E-state index in [1.54, 1.807) is 4.31 Å². The molecule has 4 heteroatoms. The van der Waals surface area contributed by atoms with Crippen LogP contribution in [0.4, 0.5) is 0 Å². The molecule has 0 unspecified atom stereocenters. The molecule has 0 bridgehead atoms. The highest BCUT2D eigenvalue weighted by atomic mass is 32.2. The van der Waals surface area contributed by atoms with Crippen LogP contribution in [0.5, 0.6) is 0 Å². The van der Waals surface area contributed by atoms with E-state index in [1.807, 2.05) is 20.8 Å². The van der Waals surface area contributed by atoms with Gasteiger partial charge in [0.15, 0.2) is 0 Å². The Morgan fingerprint density at radius 1 is 1.00 bits per heavy atom. The average molecular weight is 304 g/mol. The lowest BCUT2D eigenvalue weighted by atomic mass is 9.70. The molecule has 120 valence electrons. The number of nitrogens with zero attached hydrogens (tertiary/aromatic N) is 1. The predicted octanol–water partition coefficient (Wildman–Crippen LogP) is 4.07. The van der Waals surface area contributed by atoms with Crippen LogP contribution in [0.1, 0.15) is 61.8 Å². The number of hydrogen-bond donors (Lipinski definition) is 0. The van der Waals surface area contributed by atoms with E-state index in [4.69, 9.17) is 0 Å². The van der Waals surface area contributed by atoms with E-state index >= 15 is 0 Å². The van der Waals surface area contributed by atoms with Gasteiger partial charge < -0.3 is 0 Å². The molecule has 20 heavy (non-hydrogen) atoms. The van der Waals surface area contributed by atoms with Crippen LogP contribution in [0.3, 0.4) is 0 Å². The molecule has 0 spiro atoms. The topological polar surface area (TPSA) is 37.4 Å². The fourth-order valence-electron chi connectivity index (χ4n) is 2.55. The Morgan fingerprint density at radius 2 is 1.40 bits per heavy atom. The lowest BCUT2D eigenvalue weighted by molar-refractivity contribution is 0.213. The van der Waals surface area contributed by atoms with Gasteiger partial charge in [0.05, 0.1) is 6.26 Å². The average Bonchev–Trinajstić information content (AvgIpc) is 2.10. The van der Waals surface area contributed by atoms with Crippen molar-refractivity contribution in [2.45, 2.75) is 67.3 Å². The molecule has 0 aliphatic rings. The molecule has 3 nitrogen and oxygen atoms in total. The second kappa shape index (κ2) is 5.80. The van der Waals surface area contributed by atoms with E-state index in [1.165, 1.54) is 6.26 Å². The molecule has 0 fully saturated rings. The summed E-state index contributed by atoms with van der Waals surface area (Å²) in [4.78, 5) is 0. The fourth-order valence-corrected chi connectivity index (χ4v) is 3.96. The Morgan fingerprint density at radius 3 is 1.65 bits per heavy atom. The smallest absolute Gasteiger partial charge is 0.211 e. The molecule has 0 aromatic rings. The van der Waals surface area contributed by atoms with Crippen molar-refractivity contribution in [3.8, 4) is 0 Å². The fraction of sp³-hybridized carbons (Fsp3) is 0.875. The van der Waals surface area contributed by atoms with Gasteiger partial charge in [0, 0.05) is 12.1 Å². The zero-order valence-corrected chi connectivity index (χ0v) is 15.6. The molecular weight excluding hydrogens is 270 g/mol. The van der Waals surface area contributed by atoms with E-state index in [-0.39, 0.29) is 10.8 Å². The van der Waals surface area contributed by atoms with Gasteiger partial charge in [-0.1, -0.05) is 46.8 Å². The van der Waals surface area contributed by atoms with Crippen molar-refractivity contribution < 1.29 is 8.42 Å². The maximum Gasteiger partial charge on any atom is 0.211 e. The molecule has 0 rings (SSSR count). The van der Waals surface area contributed by atoms with E-state index < -0.39 is 15.6 Å². The Balaban J connectivity index is 5.12. The van der Waals surface area contributed by atoms with Gasteiger partial charge in [-0.3, -0.25) is 0 Å². The minimum Gasteiger partial charge on any atom is -0.212 e. The standard InChI is InChI=1S/C16H33NO2S/c1-13(14(2,3)4)16(8,9)11-12-17(15(5,6)7)20(10,18)19/h1,11-12H2,2-10H3. The quantitative estimate of drug-likeness (QED) is 0.718. The van der Waals surface area contributed by atoms with Crippen LogP contribution in [0, 0.1) is 10.8 Å². The van der Waals surface area contributed by atoms with Gasteiger partial charge in [-0.05, 0) is 38.0 Å². The summed E-state index contributed by atoms with van der Waals surface area (Å²) < 4.78 is 25.5. The van der Waals surface area contributed by atoms with E-state index in [2.05, 4.69) is 41.2 Å². The summed E-state index contributed by atoms with van der Waals surface area (Å²) >= 11 is 0. The molecular formula is C16H33NO2S. The first kappa shape index (κ1) is 19.7. The molecule has 0 aliphatic carbocycles. The van der Waals surface area contributed by atoms with Crippen molar-refractivity contribution in [3.05, 3.63) is 12.2 Å². The van der Waals surface area contributed by atoms with Crippen LogP contribution >= 0.6 is 0 Å². The molecule has 0 atom stereocenters. The van der Waals surface area contributed by atoms with E-state index in [0.717, 1.165) is 12.0 Å². The highest BCUT2D eigenvalue weighted by Gasteiger charge is 2.34. The van der Waals surface area contributed by atoms with Gasteiger partial charge >= 0.3 is 0 Å². The summed E-state index contributed by atoms with van der Waals surface area (Å²) in [7, 11) is -3.20.